The summed E-state index contributed by atoms with van der Waals surface area (Å²) in [6.07, 6.45) is 5.25. The van der Waals surface area contributed by atoms with Gasteiger partial charge in [-0.1, -0.05) is 12.5 Å². The fourth-order valence-corrected chi connectivity index (χ4v) is 2.88. The molecule has 1 spiro atoms. The number of fused-ring (bicyclic) bond motifs is 2. The third kappa shape index (κ3) is 1.24. The van der Waals surface area contributed by atoms with E-state index in [0.717, 1.165) is 31.2 Å². The number of phenols is 1. The summed E-state index contributed by atoms with van der Waals surface area (Å²) in [4.78, 5) is 11.8. The molecule has 3 nitrogen and oxygen atoms in total. The van der Waals surface area contributed by atoms with Crippen LogP contribution in [0.2, 0.25) is 0 Å². The smallest absolute Gasteiger partial charge is 0.339 e. The summed E-state index contributed by atoms with van der Waals surface area (Å²) >= 11 is 0. The van der Waals surface area contributed by atoms with Crippen molar-refractivity contribution < 1.29 is 14.6 Å². The van der Waals surface area contributed by atoms with Crippen molar-refractivity contribution in [2.24, 2.45) is 0 Å². The van der Waals surface area contributed by atoms with Crippen LogP contribution in [0, 0.1) is 0 Å². The molecule has 1 aliphatic heterocycles. The van der Waals surface area contributed by atoms with Gasteiger partial charge >= 0.3 is 5.97 Å². The maximum absolute atomic E-state index is 11.8. The lowest BCUT2D eigenvalue weighted by molar-refractivity contribution is -0.0280. The third-order valence-electron chi connectivity index (χ3n) is 3.66. The van der Waals surface area contributed by atoms with E-state index in [9.17, 15) is 9.90 Å². The van der Waals surface area contributed by atoms with Crippen LogP contribution in [0.1, 0.15) is 48.0 Å². The minimum Gasteiger partial charge on any atom is -0.508 e. The van der Waals surface area contributed by atoms with Crippen molar-refractivity contribution in [3.63, 3.8) is 0 Å². The predicted molar refractivity (Wildman–Crippen MR) is 58.3 cm³/mol. The Morgan fingerprint density at radius 1 is 1.19 bits per heavy atom. The van der Waals surface area contributed by atoms with Crippen LogP contribution in [0.5, 0.6) is 5.75 Å². The average Bonchev–Trinajstić information content (AvgIpc) is 2.53. The SMILES string of the molecule is O=C1OC2(CCCCC2)c2ccc(O)cc21. The van der Waals surface area contributed by atoms with Gasteiger partial charge in [0, 0.05) is 5.56 Å². The largest absolute Gasteiger partial charge is 0.508 e. The zero-order chi connectivity index (χ0) is 11.2. The molecule has 0 unspecified atom stereocenters. The van der Waals surface area contributed by atoms with Crippen LogP contribution < -0.4 is 0 Å². The monoisotopic (exact) mass is 218 g/mol. The van der Waals surface area contributed by atoms with E-state index in [1.165, 1.54) is 12.5 Å². The molecule has 0 atom stereocenters. The van der Waals surface area contributed by atoms with Crippen LogP contribution in [-0.2, 0) is 10.3 Å². The molecule has 16 heavy (non-hydrogen) atoms. The van der Waals surface area contributed by atoms with E-state index in [2.05, 4.69) is 0 Å². The second-order valence-electron chi connectivity index (χ2n) is 4.67. The molecule has 1 fully saturated rings. The van der Waals surface area contributed by atoms with Gasteiger partial charge in [0.05, 0.1) is 5.56 Å². The average molecular weight is 218 g/mol. The number of ether oxygens (including phenoxy) is 1. The number of phenolic OH excluding ortho intramolecular Hbond substituents is 1. The van der Waals surface area contributed by atoms with Gasteiger partial charge in [-0.25, -0.2) is 4.79 Å². The summed E-state index contributed by atoms with van der Waals surface area (Å²) in [5.41, 5.74) is 1.12. The summed E-state index contributed by atoms with van der Waals surface area (Å²) in [5.74, 6) is -0.156. The van der Waals surface area contributed by atoms with Crippen LogP contribution in [0.4, 0.5) is 0 Å². The van der Waals surface area contributed by atoms with Crippen molar-refractivity contribution >= 4 is 5.97 Å². The lowest BCUT2D eigenvalue weighted by Crippen LogP contribution is -2.28. The Morgan fingerprint density at radius 2 is 1.94 bits per heavy atom. The molecule has 1 N–H and O–H groups in total. The van der Waals surface area contributed by atoms with Gasteiger partial charge in [-0.2, -0.15) is 0 Å². The fraction of sp³-hybridized carbons (Fsp3) is 0.462. The number of hydrogen-bond donors (Lipinski definition) is 1. The number of rotatable bonds is 0. The summed E-state index contributed by atoms with van der Waals surface area (Å²) in [7, 11) is 0. The second-order valence-corrected chi connectivity index (χ2v) is 4.67. The highest BCUT2D eigenvalue weighted by molar-refractivity contribution is 5.95. The minimum absolute atomic E-state index is 0.128. The van der Waals surface area contributed by atoms with Crippen LogP contribution >= 0.6 is 0 Å². The molecule has 0 saturated heterocycles. The van der Waals surface area contributed by atoms with Gasteiger partial charge in [0.25, 0.3) is 0 Å². The Balaban J connectivity index is 2.11. The van der Waals surface area contributed by atoms with E-state index in [0.29, 0.717) is 5.56 Å². The standard InChI is InChI=1S/C13H14O3/c14-9-4-5-11-10(8-9)12(15)16-13(11)6-2-1-3-7-13/h4-5,8,14H,1-3,6-7H2. The molecule has 84 valence electrons. The van der Waals surface area contributed by atoms with Gasteiger partial charge in [0.15, 0.2) is 0 Å². The molecule has 3 rings (SSSR count). The Labute approximate surface area is 94.0 Å². The van der Waals surface area contributed by atoms with Crippen LogP contribution in [0.25, 0.3) is 0 Å². The predicted octanol–water partition coefficient (Wildman–Crippen LogP) is 2.72. The van der Waals surface area contributed by atoms with E-state index in [4.69, 9.17) is 4.74 Å². The maximum atomic E-state index is 11.8. The first-order valence-electron chi connectivity index (χ1n) is 5.78. The number of carbonyl (C=O) groups excluding carboxylic acids is 1. The Hall–Kier alpha value is -1.51. The first-order chi connectivity index (χ1) is 7.71. The molecule has 1 saturated carbocycles. The lowest BCUT2D eigenvalue weighted by atomic mass is 9.79. The lowest BCUT2D eigenvalue weighted by Gasteiger charge is -2.32. The van der Waals surface area contributed by atoms with Gasteiger partial charge in [0.1, 0.15) is 11.4 Å². The van der Waals surface area contributed by atoms with E-state index < -0.39 is 5.60 Å². The van der Waals surface area contributed by atoms with Crippen LogP contribution in [-0.4, -0.2) is 11.1 Å². The molecular formula is C13H14O3. The zero-order valence-corrected chi connectivity index (χ0v) is 9.03. The summed E-state index contributed by atoms with van der Waals surface area (Å²) in [6, 6.07) is 4.99. The van der Waals surface area contributed by atoms with Gasteiger partial charge < -0.3 is 9.84 Å². The maximum Gasteiger partial charge on any atom is 0.339 e. The normalized spacial score (nSPS) is 21.9. The molecule has 0 bridgehead atoms. The minimum atomic E-state index is -0.391. The van der Waals surface area contributed by atoms with Gasteiger partial charge in [-0.15, -0.1) is 0 Å². The molecule has 1 aromatic carbocycles. The molecule has 0 radical (unpaired) electrons. The van der Waals surface area contributed by atoms with E-state index >= 15 is 0 Å². The first-order valence-corrected chi connectivity index (χ1v) is 5.78. The van der Waals surface area contributed by atoms with Crippen molar-refractivity contribution in [1.82, 2.24) is 0 Å². The number of carbonyl (C=O) groups is 1. The van der Waals surface area contributed by atoms with Gasteiger partial charge in [-0.05, 0) is 37.8 Å². The topological polar surface area (TPSA) is 46.5 Å². The quantitative estimate of drug-likeness (QED) is 0.681. The van der Waals surface area contributed by atoms with Crippen LogP contribution in [0.15, 0.2) is 18.2 Å². The molecule has 0 amide bonds. The van der Waals surface area contributed by atoms with Crippen molar-refractivity contribution in [2.45, 2.75) is 37.7 Å². The van der Waals surface area contributed by atoms with Gasteiger partial charge in [-0.3, -0.25) is 0 Å². The van der Waals surface area contributed by atoms with E-state index in [1.807, 2.05) is 6.07 Å². The van der Waals surface area contributed by atoms with Crippen molar-refractivity contribution in [1.29, 1.82) is 0 Å². The van der Waals surface area contributed by atoms with E-state index in [-0.39, 0.29) is 11.7 Å². The summed E-state index contributed by atoms with van der Waals surface area (Å²) in [5, 5.41) is 9.39. The number of aromatic hydroxyl groups is 1. The number of hydrogen-bond acceptors (Lipinski definition) is 3. The van der Waals surface area contributed by atoms with Crippen molar-refractivity contribution in [3.8, 4) is 5.75 Å². The highest BCUT2D eigenvalue weighted by Gasteiger charge is 2.45. The van der Waals surface area contributed by atoms with Crippen molar-refractivity contribution in [3.05, 3.63) is 29.3 Å². The second kappa shape index (κ2) is 3.24. The zero-order valence-electron chi connectivity index (χ0n) is 9.03. The molecule has 1 aromatic rings. The summed E-state index contributed by atoms with van der Waals surface area (Å²) < 4.78 is 5.57. The van der Waals surface area contributed by atoms with Crippen LogP contribution in [0.3, 0.4) is 0 Å². The highest BCUT2D eigenvalue weighted by Crippen LogP contribution is 2.47. The molecule has 2 aliphatic rings. The fourth-order valence-electron chi connectivity index (χ4n) is 2.88. The Bertz CT molecular complexity index is 444. The molecule has 3 heteroatoms. The molecular weight excluding hydrogens is 204 g/mol. The van der Waals surface area contributed by atoms with Gasteiger partial charge in [0.2, 0.25) is 0 Å². The third-order valence-corrected chi connectivity index (χ3v) is 3.66. The number of benzene rings is 1. The first kappa shape index (κ1) is 9.70. The number of esters is 1. The summed E-state index contributed by atoms with van der Waals surface area (Å²) in [6.45, 7) is 0. The molecule has 0 aromatic heterocycles. The Morgan fingerprint density at radius 3 is 2.69 bits per heavy atom. The van der Waals surface area contributed by atoms with Crippen molar-refractivity contribution in [2.75, 3.05) is 0 Å². The van der Waals surface area contributed by atoms with E-state index in [1.54, 1.807) is 6.07 Å². The Kier molecular flexibility index (Phi) is 1.96. The molecule has 1 aliphatic carbocycles. The highest BCUT2D eigenvalue weighted by atomic mass is 16.6. The molecule has 1 heterocycles.